The van der Waals surface area contributed by atoms with Crippen LogP contribution >= 0.6 is 0 Å². The summed E-state index contributed by atoms with van der Waals surface area (Å²) in [6.07, 6.45) is 0.724. The van der Waals surface area contributed by atoms with Crippen molar-refractivity contribution in [2.45, 2.75) is 31.8 Å². The predicted molar refractivity (Wildman–Crippen MR) is 68.0 cm³/mol. The monoisotopic (exact) mass is 250 g/mol. The molecule has 0 saturated heterocycles. The maximum atomic E-state index is 11.6. The number of carboxylic acids is 1. The number of nitrogens with two attached hydrogens (primary N) is 1. The summed E-state index contributed by atoms with van der Waals surface area (Å²) >= 11 is 0. The second-order valence-corrected chi connectivity index (χ2v) is 4.10. The highest BCUT2D eigenvalue weighted by molar-refractivity contribution is 5.86. The van der Waals surface area contributed by atoms with Gasteiger partial charge in [-0.25, -0.2) is 4.79 Å². The van der Waals surface area contributed by atoms with Gasteiger partial charge in [0.2, 0.25) is 5.91 Å². The van der Waals surface area contributed by atoms with Crippen molar-refractivity contribution in [3.63, 3.8) is 0 Å². The van der Waals surface area contributed by atoms with E-state index in [0.717, 1.165) is 5.56 Å². The lowest BCUT2D eigenvalue weighted by Gasteiger charge is -2.17. The van der Waals surface area contributed by atoms with E-state index in [2.05, 4.69) is 5.32 Å². The van der Waals surface area contributed by atoms with E-state index < -0.39 is 24.0 Å². The number of benzene rings is 1. The van der Waals surface area contributed by atoms with Crippen molar-refractivity contribution in [3.8, 4) is 0 Å². The normalized spacial score (nSPS) is 13.7. The maximum absolute atomic E-state index is 11.6. The van der Waals surface area contributed by atoms with Crippen LogP contribution in [0.2, 0.25) is 0 Å². The van der Waals surface area contributed by atoms with Gasteiger partial charge in [-0.1, -0.05) is 37.3 Å². The molecule has 98 valence electrons. The Morgan fingerprint density at radius 3 is 2.44 bits per heavy atom. The molecule has 0 aliphatic carbocycles. The van der Waals surface area contributed by atoms with Gasteiger partial charge >= 0.3 is 5.97 Å². The van der Waals surface area contributed by atoms with E-state index in [-0.39, 0.29) is 6.42 Å². The zero-order valence-corrected chi connectivity index (χ0v) is 10.3. The molecule has 5 heteroatoms. The fourth-order valence-electron chi connectivity index (χ4n) is 1.51. The highest BCUT2D eigenvalue weighted by atomic mass is 16.4. The summed E-state index contributed by atoms with van der Waals surface area (Å²) in [6.45, 7) is 1.78. The van der Waals surface area contributed by atoms with E-state index >= 15 is 0 Å². The third-order valence-corrected chi connectivity index (χ3v) is 2.67. The number of aliphatic carboxylic acids is 1. The zero-order chi connectivity index (χ0) is 13.5. The quantitative estimate of drug-likeness (QED) is 0.687. The average Bonchev–Trinajstić information content (AvgIpc) is 2.37. The van der Waals surface area contributed by atoms with E-state index in [0.29, 0.717) is 6.42 Å². The summed E-state index contributed by atoms with van der Waals surface area (Å²) in [5.74, 6) is -1.49. The van der Waals surface area contributed by atoms with Crippen molar-refractivity contribution in [2.75, 3.05) is 0 Å². The first-order valence-corrected chi connectivity index (χ1v) is 5.87. The maximum Gasteiger partial charge on any atom is 0.326 e. The van der Waals surface area contributed by atoms with Crippen LogP contribution in [0.4, 0.5) is 0 Å². The van der Waals surface area contributed by atoms with Crippen LogP contribution in [0.3, 0.4) is 0 Å². The van der Waals surface area contributed by atoms with E-state index in [1.54, 1.807) is 6.92 Å². The lowest BCUT2D eigenvalue weighted by molar-refractivity contribution is -0.142. The molecule has 1 aromatic carbocycles. The molecule has 0 aromatic heterocycles. The van der Waals surface area contributed by atoms with Crippen LogP contribution in [0.5, 0.6) is 0 Å². The lowest BCUT2D eigenvalue weighted by Crippen LogP contribution is -2.49. The number of nitrogens with one attached hydrogen (secondary N) is 1. The molecule has 5 nitrogen and oxygen atoms in total. The second-order valence-electron chi connectivity index (χ2n) is 4.10. The number of carboxylic acid groups (broad SMARTS) is 1. The number of rotatable bonds is 6. The minimum absolute atomic E-state index is 0.248. The number of amides is 1. The summed E-state index contributed by atoms with van der Waals surface area (Å²) in [7, 11) is 0. The van der Waals surface area contributed by atoms with Gasteiger partial charge < -0.3 is 16.2 Å². The molecule has 0 heterocycles. The van der Waals surface area contributed by atoms with Crippen LogP contribution in [0.1, 0.15) is 18.9 Å². The smallest absolute Gasteiger partial charge is 0.326 e. The molecule has 0 aliphatic rings. The van der Waals surface area contributed by atoms with Crippen molar-refractivity contribution >= 4 is 11.9 Å². The molecule has 1 aromatic rings. The van der Waals surface area contributed by atoms with Crippen molar-refractivity contribution in [3.05, 3.63) is 35.9 Å². The summed E-state index contributed by atoms with van der Waals surface area (Å²) < 4.78 is 0. The summed E-state index contributed by atoms with van der Waals surface area (Å²) in [5, 5.41) is 11.5. The van der Waals surface area contributed by atoms with E-state index in [1.807, 2.05) is 30.3 Å². The van der Waals surface area contributed by atoms with Crippen molar-refractivity contribution in [2.24, 2.45) is 5.73 Å². The van der Waals surface area contributed by atoms with Crippen LogP contribution in [-0.2, 0) is 16.0 Å². The predicted octanol–water partition coefficient (Wildman–Crippen LogP) is 0.536. The SMILES string of the molecule is CC[C@@H](N)C(=O)NC(Cc1ccccc1)C(=O)O. The topological polar surface area (TPSA) is 92.4 Å². The zero-order valence-electron chi connectivity index (χ0n) is 10.3. The largest absolute Gasteiger partial charge is 0.480 e. The molecule has 1 rings (SSSR count). The van der Waals surface area contributed by atoms with Gasteiger partial charge in [-0.2, -0.15) is 0 Å². The first-order valence-electron chi connectivity index (χ1n) is 5.87. The molecule has 0 fully saturated rings. The lowest BCUT2D eigenvalue weighted by atomic mass is 10.1. The third kappa shape index (κ3) is 4.18. The van der Waals surface area contributed by atoms with Crippen LogP contribution in [0, 0.1) is 0 Å². The van der Waals surface area contributed by atoms with Crippen LogP contribution in [-0.4, -0.2) is 29.1 Å². The van der Waals surface area contributed by atoms with Gasteiger partial charge in [0.1, 0.15) is 6.04 Å². The van der Waals surface area contributed by atoms with Crippen molar-refractivity contribution in [1.29, 1.82) is 0 Å². The number of carbonyl (C=O) groups is 2. The Kier molecular flexibility index (Phi) is 5.32. The Hall–Kier alpha value is -1.88. The second kappa shape index (κ2) is 6.76. The van der Waals surface area contributed by atoms with E-state index in [4.69, 9.17) is 10.8 Å². The molecule has 1 unspecified atom stereocenters. The molecule has 18 heavy (non-hydrogen) atoms. The number of hydrogen-bond donors (Lipinski definition) is 3. The van der Waals surface area contributed by atoms with Gasteiger partial charge in [-0.15, -0.1) is 0 Å². The molecular formula is C13H18N2O3. The number of carbonyl (C=O) groups excluding carboxylic acids is 1. The Balaban J connectivity index is 2.67. The van der Waals surface area contributed by atoms with Gasteiger partial charge in [0.15, 0.2) is 0 Å². The molecule has 0 spiro atoms. The summed E-state index contributed by atoms with van der Waals surface area (Å²) in [6, 6.07) is 7.54. The molecule has 0 saturated carbocycles. The van der Waals surface area contributed by atoms with Crippen molar-refractivity contribution in [1.82, 2.24) is 5.32 Å². The fraction of sp³-hybridized carbons (Fsp3) is 0.385. The summed E-state index contributed by atoms with van der Waals surface area (Å²) in [4.78, 5) is 22.7. The first kappa shape index (κ1) is 14.2. The van der Waals surface area contributed by atoms with Crippen LogP contribution in [0.25, 0.3) is 0 Å². The first-order chi connectivity index (χ1) is 8.54. The molecule has 0 radical (unpaired) electrons. The molecule has 0 aliphatic heterocycles. The molecule has 0 bridgehead atoms. The summed E-state index contributed by atoms with van der Waals surface area (Å²) in [5.41, 5.74) is 6.41. The Morgan fingerprint density at radius 2 is 1.94 bits per heavy atom. The molecule has 4 N–H and O–H groups in total. The Bertz CT molecular complexity index is 406. The van der Waals surface area contributed by atoms with Gasteiger partial charge in [-0.3, -0.25) is 4.79 Å². The van der Waals surface area contributed by atoms with Crippen LogP contribution < -0.4 is 11.1 Å². The minimum Gasteiger partial charge on any atom is -0.480 e. The minimum atomic E-state index is -1.06. The van der Waals surface area contributed by atoms with E-state index in [9.17, 15) is 9.59 Å². The highest BCUT2D eigenvalue weighted by Gasteiger charge is 2.22. The average molecular weight is 250 g/mol. The van der Waals surface area contributed by atoms with Crippen molar-refractivity contribution < 1.29 is 14.7 Å². The van der Waals surface area contributed by atoms with Gasteiger partial charge in [-0.05, 0) is 12.0 Å². The van der Waals surface area contributed by atoms with Gasteiger partial charge in [0.25, 0.3) is 0 Å². The van der Waals surface area contributed by atoms with Gasteiger partial charge in [0, 0.05) is 6.42 Å². The highest BCUT2D eigenvalue weighted by Crippen LogP contribution is 2.04. The molecule has 1 amide bonds. The fourth-order valence-corrected chi connectivity index (χ4v) is 1.51. The van der Waals surface area contributed by atoms with Gasteiger partial charge in [0.05, 0.1) is 6.04 Å². The Morgan fingerprint density at radius 1 is 1.33 bits per heavy atom. The van der Waals surface area contributed by atoms with Crippen LogP contribution in [0.15, 0.2) is 30.3 Å². The number of hydrogen-bond acceptors (Lipinski definition) is 3. The molecule has 2 atom stereocenters. The Labute approximate surface area is 106 Å². The third-order valence-electron chi connectivity index (χ3n) is 2.67. The standard InChI is InChI=1S/C13H18N2O3/c1-2-10(14)12(16)15-11(13(17)18)8-9-6-4-3-5-7-9/h3-7,10-11H,2,8,14H2,1H3,(H,15,16)(H,17,18)/t10-,11?/m1/s1. The van der Waals surface area contributed by atoms with E-state index in [1.165, 1.54) is 0 Å². The molecular weight excluding hydrogens is 232 g/mol.